The van der Waals surface area contributed by atoms with Crippen LogP contribution < -0.4 is 19.5 Å². The van der Waals surface area contributed by atoms with Crippen LogP contribution in [0, 0.1) is 0 Å². The summed E-state index contributed by atoms with van der Waals surface area (Å²) in [5, 5.41) is 3.36. The van der Waals surface area contributed by atoms with Crippen LogP contribution in [0.2, 0.25) is 0 Å². The molecule has 126 valence electrons. The van der Waals surface area contributed by atoms with Crippen molar-refractivity contribution < 1.29 is 19.0 Å². The van der Waals surface area contributed by atoms with E-state index >= 15 is 0 Å². The largest absolute Gasteiger partial charge is 0.497 e. The Kier molecular flexibility index (Phi) is 4.20. The topological polar surface area (TPSA) is 56.8 Å². The fraction of sp³-hybridized carbons (Fsp3) is 0.316. The highest BCUT2D eigenvalue weighted by Gasteiger charge is 2.41. The molecule has 1 aliphatic rings. The molecular weight excluding hydrogens is 306 g/mol. The second-order valence-corrected chi connectivity index (χ2v) is 5.86. The molecule has 5 nitrogen and oxygen atoms in total. The van der Waals surface area contributed by atoms with E-state index in [1.165, 1.54) is 0 Å². The van der Waals surface area contributed by atoms with Crippen LogP contribution in [0.15, 0.2) is 36.4 Å². The Balaban J connectivity index is 2.05. The van der Waals surface area contributed by atoms with E-state index < -0.39 is 5.54 Å². The van der Waals surface area contributed by atoms with Crippen LogP contribution in [0.1, 0.15) is 28.4 Å². The summed E-state index contributed by atoms with van der Waals surface area (Å²) in [5.41, 5.74) is 1.59. The van der Waals surface area contributed by atoms with Crippen LogP contribution in [0.25, 0.3) is 0 Å². The highest BCUT2D eigenvalue weighted by atomic mass is 16.5. The maximum Gasteiger partial charge on any atom is 0.187 e. The van der Waals surface area contributed by atoms with Crippen molar-refractivity contribution in [3.8, 4) is 17.2 Å². The molecule has 0 amide bonds. The fourth-order valence-corrected chi connectivity index (χ4v) is 3.15. The van der Waals surface area contributed by atoms with Gasteiger partial charge in [0.2, 0.25) is 0 Å². The zero-order valence-electron chi connectivity index (χ0n) is 14.3. The molecule has 0 radical (unpaired) electrons. The molecule has 0 spiro atoms. The smallest absolute Gasteiger partial charge is 0.187 e. The summed E-state index contributed by atoms with van der Waals surface area (Å²) in [5.74, 6) is 2.00. The average molecular weight is 327 g/mol. The van der Waals surface area contributed by atoms with E-state index in [1.54, 1.807) is 27.4 Å². The van der Waals surface area contributed by atoms with Crippen LogP contribution >= 0.6 is 0 Å². The lowest BCUT2D eigenvalue weighted by molar-refractivity contribution is 0.0844. The van der Waals surface area contributed by atoms with Crippen molar-refractivity contribution in [2.45, 2.75) is 19.0 Å². The molecule has 0 saturated carbocycles. The maximum atomic E-state index is 13.2. The molecule has 0 aliphatic carbocycles. The van der Waals surface area contributed by atoms with Gasteiger partial charge in [0.05, 0.1) is 21.3 Å². The Bertz CT molecular complexity index is 770. The highest BCUT2D eigenvalue weighted by Crippen LogP contribution is 2.40. The Morgan fingerprint density at radius 1 is 0.958 bits per heavy atom. The molecule has 1 atom stereocenters. The number of hydrogen-bond acceptors (Lipinski definition) is 5. The quantitative estimate of drug-likeness (QED) is 0.936. The van der Waals surface area contributed by atoms with E-state index in [2.05, 4.69) is 5.32 Å². The van der Waals surface area contributed by atoms with Crippen molar-refractivity contribution in [2.24, 2.45) is 0 Å². The van der Waals surface area contributed by atoms with E-state index in [9.17, 15) is 4.79 Å². The van der Waals surface area contributed by atoms with Crippen LogP contribution in [-0.4, -0.2) is 27.1 Å². The first-order valence-corrected chi connectivity index (χ1v) is 7.73. The zero-order valence-corrected chi connectivity index (χ0v) is 14.3. The zero-order chi connectivity index (χ0) is 17.3. The number of rotatable bonds is 4. The van der Waals surface area contributed by atoms with E-state index in [1.807, 2.05) is 37.3 Å². The molecule has 1 aliphatic heterocycles. The second kappa shape index (κ2) is 6.17. The third kappa shape index (κ3) is 2.41. The monoisotopic (exact) mass is 327 g/mol. The standard InChI is InChI=1S/C19H21NO4/c1-19(12-5-7-13(22-2)8-6-12)18(21)14-9-10-16(23-3)17(24-4)15(14)11-20-19/h5-10,20H,11H2,1-4H3. The number of ether oxygens (including phenoxy) is 3. The minimum Gasteiger partial charge on any atom is -0.497 e. The molecular formula is C19H21NO4. The molecule has 2 aromatic rings. The lowest BCUT2D eigenvalue weighted by Gasteiger charge is -2.36. The van der Waals surface area contributed by atoms with E-state index in [4.69, 9.17) is 14.2 Å². The van der Waals surface area contributed by atoms with Gasteiger partial charge in [0, 0.05) is 17.7 Å². The molecule has 0 fully saturated rings. The van der Waals surface area contributed by atoms with Crippen molar-refractivity contribution in [1.82, 2.24) is 5.32 Å². The Morgan fingerprint density at radius 2 is 1.67 bits per heavy atom. The molecule has 0 aromatic heterocycles. The van der Waals surface area contributed by atoms with Gasteiger partial charge in [0.1, 0.15) is 11.3 Å². The van der Waals surface area contributed by atoms with E-state index in [0.29, 0.717) is 23.6 Å². The van der Waals surface area contributed by atoms with Gasteiger partial charge in [-0.15, -0.1) is 0 Å². The molecule has 5 heteroatoms. The van der Waals surface area contributed by atoms with Crippen LogP contribution in [-0.2, 0) is 12.1 Å². The molecule has 0 bridgehead atoms. The van der Waals surface area contributed by atoms with Gasteiger partial charge in [-0.3, -0.25) is 10.1 Å². The summed E-state index contributed by atoms with van der Waals surface area (Å²) in [7, 11) is 4.79. The molecule has 1 unspecified atom stereocenters. The molecule has 3 rings (SSSR count). The van der Waals surface area contributed by atoms with Gasteiger partial charge in [-0.05, 0) is 36.8 Å². The van der Waals surface area contributed by atoms with Crippen LogP contribution in [0.4, 0.5) is 0 Å². The van der Waals surface area contributed by atoms with Gasteiger partial charge in [-0.2, -0.15) is 0 Å². The normalized spacial score (nSPS) is 19.6. The first kappa shape index (κ1) is 16.3. The summed E-state index contributed by atoms with van der Waals surface area (Å²) in [6.45, 7) is 2.42. The SMILES string of the molecule is COc1ccc(C2(C)NCc3c(ccc(OC)c3OC)C2=O)cc1. The third-order valence-corrected chi connectivity index (χ3v) is 4.63. The predicted molar refractivity (Wildman–Crippen MR) is 91.1 cm³/mol. The maximum absolute atomic E-state index is 13.2. The molecule has 1 heterocycles. The third-order valence-electron chi connectivity index (χ3n) is 4.63. The highest BCUT2D eigenvalue weighted by molar-refractivity contribution is 6.06. The van der Waals surface area contributed by atoms with Gasteiger partial charge in [-0.25, -0.2) is 0 Å². The lowest BCUT2D eigenvalue weighted by atomic mass is 9.79. The van der Waals surface area contributed by atoms with Crippen molar-refractivity contribution in [3.63, 3.8) is 0 Å². The summed E-state index contributed by atoms with van der Waals surface area (Å²) >= 11 is 0. The number of nitrogens with one attached hydrogen (secondary N) is 1. The number of methoxy groups -OCH3 is 3. The van der Waals surface area contributed by atoms with Crippen molar-refractivity contribution in [2.75, 3.05) is 21.3 Å². The minimum absolute atomic E-state index is 0.00914. The van der Waals surface area contributed by atoms with Crippen LogP contribution in [0.3, 0.4) is 0 Å². The number of carbonyl (C=O) groups excluding carboxylic acids is 1. The minimum atomic E-state index is -0.793. The first-order valence-electron chi connectivity index (χ1n) is 7.73. The Morgan fingerprint density at radius 3 is 2.25 bits per heavy atom. The molecule has 2 aromatic carbocycles. The van der Waals surface area contributed by atoms with Crippen molar-refractivity contribution in [3.05, 3.63) is 53.1 Å². The Labute approximate surface area is 141 Å². The van der Waals surface area contributed by atoms with Crippen LogP contribution in [0.5, 0.6) is 17.2 Å². The van der Waals surface area contributed by atoms with Crippen molar-refractivity contribution >= 4 is 5.78 Å². The van der Waals surface area contributed by atoms with Gasteiger partial charge in [0.15, 0.2) is 17.3 Å². The summed E-state index contributed by atoms with van der Waals surface area (Å²) in [4.78, 5) is 13.2. The molecule has 1 N–H and O–H groups in total. The van der Waals surface area contributed by atoms with E-state index in [0.717, 1.165) is 16.9 Å². The predicted octanol–water partition coefficient (Wildman–Crippen LogP) is 2.91. The fourth-order valence-electron chi connectivity index (χ4n) is 3.15. The molecule has 24 heavy (non-hydrogen) atoms. The Hall–Kier alpha value is -2.53. The lowest BCUT2D eigenvalue weighted by Crippen LogP contribution is -2.50. The second-order valence-electron chi connectivity index (χ2n) is 5.86. The van der Waals surface area contributed by atoms with Gasteiger partial charge in [-0.1, -0.05) is 12.1 Å². The van der Waals surface area contributed by atoms with Gasteiger partial charge < -0.3 is 14.2 Å². The molecule has 0 saturated heterocycles. The average Bonchev–Trinajstić information content (AvgIpc) is 2.63. The van der Waals surface area contributed by atoms with E-state index in [-0.39, 0.29) is 5.78 Å². The number of benzene rings is 2. The number of fused-ring (bicyclic) bond motifs is 1. The summed E-state index contributed by atoms with van der Waals surface area (Å²) in [6.07, 6.45) is 0. The van der Waals surface area contributed by atoms with Gasteiger partial charge >= 0.3 is 0 Å². The number of hydrogen-bond donors (Lipinski definition) is 1. The summed E-state index contributed by atoms with van der Waals surface area (Å²) in [6, 6.07) is 11.1. The first-order chi connectivity index (χ1) is 11.5. The van der Waals surface area contributed by atoms with Gasteiger partial charge in [0.25, 0.3) is 0 Å². The number of ketones is 1. The number of Topliss-reactive ketones (excluding diaryl/α,β-unsaturated/α-hetero) is 1. The van der Waals surface area contributed by atoms with Crippen molar-refractivity contribution in [1.29, 1.82) is 0 Å². The summed E-state index contributed by atoms with van der Waals surface area (Å²) < 4.78 is 16.0. The number of carbonyl (C=O) groups is 1.